The zero-order valence-corrected chi connectivity index (χ0v) is 18.6. The quantitative estimate of drug-likeness (QED) is 0.752. The number of nitrogens with zero attached hydrogens (tertiary/aromatic N) is 4. The Morgan fingerprint density at radius 1 is 1.23 bits per heavy atom. The van der Waals surface area contributed by atoms with Crippen LogP contribution in [0.2, 0.25) is 0 Å². The molecule has 2 aliphatic rings. The van der Waals surface area contributed by atoms with Gasteiger partial charge in [0.2, 0.25) is 15.9 Å². The molecule has 166 valence electrons. The van der Waals surface area contributed by atoms with Gasteiger partial charge < -0.3 is 9.80 Å². The third-order valence-electron chi connectivity index (χ3n) is 6.06. The highest BCUT2D eigenvalue weighted by molar-refractivity contribution is 7.88. The Balaban J connectivity index is 1.52. The number of rotatable bonds is 5. The minimum Gasteiger partial charge on any atom is -0.333 e. The molecule has 1 aromatic heterocycles. The van der Waals surface area contributed by atoms with Crippen LogP contribution in [-0.2, 0) is 21.2 Å². The molecule has 1 atom stereocenters. The van der Waals surface area contributed by atoms with Crippen LogP contribution < -0.4 is 4.90 Å². The van der Waals surface area contributed by atoms with Crippen LogP contribution in [-0.4, -0.2) is 72.6 Å². The third-order valence-corrected chi connectivity index (χ3v) is 7.32. The number of aromatic amines is 1. The van der Waals surface area contributed by atoms with Crippen molar-refractivity contribution in [2.24, 2.45) is 0 Å². The number of benzene rings is 1. The highest BCUT2D eigenvalue weighted by Gasteiger charge is 2.32. The van der Waals surface area contributed by atoms with Crippen LogP contribution >= 0.6 is 0 Å². The average Bonchev–Trinajstić information content (AvgIpc) is 3.40. The van der Waals surface area contributed by atoms with Gasteiger partial charge in [0.1, 0.15) is 0 Å². The Morgan fingerprint density at radius 2 is 2.00 bits per heavy atom. The maximum Gasteiger partial charge on any atom is 0.278 e. The van der Waals surface area contributed by atoms with Crippen LogP contribution in [0.15, 0.2) is 30.3 Å². The lowest BCUT2D eigenvalue weighted by molar-refractivity contribution is -0.135. The largest absolute Gasteiger partial charge is 0.333 e. The maximum atomic E-state index is 13.1. The number of anilines is 1. The molecule has 10 heteroatoms. The number of carbonyl (C=O) groups excluding carboxylic acids is 2. The molecule has 1 unspecified atom stereocenters. The summed E-state index contributed by atoms with van der Waals surface area (Å²) in [5.74, 6) is -0.425. The van der Waals surface area contributed by atoms with Crippen LogP contribution in [0.5, 0.6) is 0 Å². The topological polar surface area (TPSA) is 107 Å². The number of nitrogens with one attached hydrogen (secondary N) is 1. The first-order chi connectivity index (χ1) is 14.8. The van der Waals surface area contributed by atoms with E-state index in [9.17, 15) is 18.0 Å². The van der Waals surface area contributed by atoms with Gasteiger partial charge in [0.25, 0.3) is 5.91 Å². The van der Waals surface area contributed by atoms with E-state index in [4.69, 9.17) is 0 Å². The summed E-state index contributed by atoms with van der Waals surface area (Å²) in [4.78, 5) is 29.3. The predicted octanol–water partition coefficient (Wildman–Crippen LogP) is 1.56. The van der Waals surface area contributed by atoms with Crippen molar-refractivity contribution in [3.8, 4) is 0 Å². The first-order valence-electron chi connectivity index (χ1n) is 10.4. The van der Waals surface area contributed by atoms with Crippen LogP contribution in [0.3, 0.4) is 0 Å². The normalized spacial score (nSPS) is 19.0. The summed E-state index contributed by atoms with van der Waals surface area (Å²) in [5, 5.41) is 7.19. The molecule has 0 bridgehead atoms. The number of amides is 2. The molecule has 1 N–H and O–H groups in total. The van der Waals surface area contributed by atoms with Crippen molar-refractivity contribution in [3.63, 3.8) is 0 Å². The maximum absolute atomic E-state index is 13.1. The fraction of sp³-hybridized carbons (Fsp3) is 0.476. The second-order valence-corrected chi connectivity index (χ2v) is 10.3. The Kier molecular flexibility index (Phi) is 5.85. The number of hydrogen-bond donors (Lipinski definition) is 1. The lowest BCUT2D eigenvalue weighted by Gasteiger charge is -2.35. The van der Waals surface area contributed by atoms with Crippen LogP contribution in [0.25, 0.3) is 0 Å². The van der Waals surface area contributed by atoms with Gasteiger partial charge in [0.05, 0.1) is 24.5 Å². The van der Waals surface area contributed by atoms with E-state index in [0.29, 0.717) is 24.5 Å². The number of piperidine rings is 1. The summed E-state index contributed by atoms with van der Waals surface area (Å²) in [6, 6.07) is 9.31. The van der Waals surface area contributed by atoms with E-state index >= 15 is 0 Å². The number of H-pyrrole nitrogens is 1. The van der Waals surface area contributed by atoms with Gasteiger partial charge in [0.15, 0.2) is 5.69 Å². The summed E-state index contributed by atoms with van der Waals surface area (Å²) in [5.41, 5.74) is 3.07. The highest BCUT2D eigenvalue weighted by atomic mass is 32.2. The van der Waals surface area contributed by atoms with Crippen LogP contribution in [0.1, 0.15) is 47.1 Å². The number of carbonyl (C=O) groups is 2. The molecule has 1 fully saturated rings. The molecule has 2 amide bonds. The van der Waals surface area contributed by atoms with Gasteiger partial charge in [-0.3, -0.25) is 14.7 Å². The monoisotopic (exact) mass is 445 g/mol. The Morgan fingerprint density at radius 3 is 2.77 bits per heavy atom. The third kappa shape index (κ3) is 4.35. The number of aromatic nitrogens is 2. The van der Waals surface area contributed by atoms with E-state index in [1.165, 1.54) is 7.05 Å². The molecule has 3 heterocycles. The summed E-state index contributed by atoms with van der Waals surface area (Å²) in [6.45, 7) is 0.953. The van der Waals surface area contributed by atoms with E-state index in [0.717, 1.165) is 47.5 Å². The number of para-hydroxylation sites is 1. The highest BCUT2D eigenvalue weighted by Crippen LogP contribution is 2.32. The molecule has 2 aliphatic heterocycles. The molecule has 0 spiro atoms. The zero-order chi connectivity index (χ0) is 22.2. The van der Waals surface area contributed by atoms with Gasteiger partial charge >= 0.3 is 0 Å². The van der Waals surface area contributed by atoms with E-state index in [1.54, 1.807) is 15.9 Å². The second-order valence-electron chi connectivity index (χ2n) is 8.16. The van der Waals surface area contributed by atoms with Crippen molar-refractivity contribution in [2.75, 3.05) is 37.8 Å². The Hall–Kier alpha value is -2.72. The van der Waals surface area contributed by atoms with E-state index in [1.807, 2.05) is 24.3 Å². The van der Waals surface area contributed by atoms with E-state index < -0.39 is 10.0 Å². The van der Waals surface area contributed by atoms with Crippen molar-refractivity contribution in [3.05, 3.63) is 47.3 Å². The molecule has 0 radical (unpaired) electrons. The summed E-state index contributed by atoms with van der Waals surface area (Å²) in [6.07, 6.45) is 4.43. The molecular formula is C21H27N5O4S. The van der Waals surface area contributed by atoms with Gasteiger partial charge in [-0.25, -0.2) is 8.42 Å². The number of hydrogen-bond acceptors (Lipinski definition) is 5. The van der Waals surface area contributed by atoms with Crippen molar-refractivity contribution >= 4 is 27.5 Å². The average molecular weight is 446 g/mol. The lowest BCUT2D eigenvalue weighted by atomic mass is 9.99. The molecule has 1 aromatic carbocycles. The van der Waals surface area contributed by atoms with Crippen molar-refractivity contribution in [2.45, 2.75) is 31.7 Å². The lowest BCUT2D eigenvalue weighted by Crippen LogP contribution is -2.44. The van der Waals surface area contributed by atoms with E-state index in [2.05, 4.69) is 10.2 Å². The summed E-state index contributed by atoms with van der Waals surface area (Å²) >= 11 is 0. The van der Waals surface area contributed by atoms with E-state index in [-0.39, 0.29) is 24.4 Å². The number of likely N-dealkylation sites (tertiary alicyclic amines) is 1. The predicted molar refractivity (Wildman–Crippen MR) is 116 cm³/mol. The molecule has 0 aliphatic carbocycles. The number of fused-ring (bicyclic) bond motifs is 1. The Bertz CT molecular complexity index is 1100. The summed E-state index contributed by atoms with van der Waals surface area (Å²) in [7, 11) is -2.05. The van der Waals surface area contributed by atoms with Crippen LogP contribution in [0.4, 0.5) is 5.69 Å². The smallest absolute Gasteiger partial charge is 0.278 e. The van der Waals surface area contributed by atoms with Gasteiger partial charge in [-0.1, -0.05) is 18.2 Å². The minimum atomic E-state index is -3.44. The van der Waals surface area contributed by atoms with Gasteiger partial charge in [-0.15, -0.1) is 0 Å². The molecule has 31 heavy (non-hydrogen) atoms. The Labute approximate surface area is 182 Å². The van der Waals surface area contributed by atoms with Crippen molar-refractivity contribution in [1.29, 1.82) is 0 Å². The molecule has 1 saturated heterocycles. The zero-order valence-electron chi connectivity index (χ0n) is 17.7. The molecule has 0 saturated carbocycles. The first-order valence-corrected chi connectivity index (χ1v) is 12.3. The standard InChI is InChI=1S/C21H27N5O4S/c1-24(31(2,29)30)14-20(27)25-11-6-5-9-19(25)16-13-17(23-22-16)21(28)26-12-10-15-7-3-4-8-18(15)26/h3-4,7-8,13,19H,5-6,9-12,14H2,1-2H3,(H,22,23). The van der Waals surface area contributed by atoms with Gasteiger partial charge in [-0.2, -0.15) is 9.40 Å². The molecule has 2 aromatic rings. The number of likely N-dealkylation sites (N-methyl/N-ethyl adjacent to an activating group) is 1. The molecule has 9 nitrogen and oxygen atoms in total. The fourth-order valence-electron chi connectivity index (χ4n) is 4.26. The molecule has 4 rings (SSSR count). The fourth-order valence-corrected chi connectivity index (χ4v) is 4.60. The first kappa shape index (κ1) is 21.5. The van der Waals surface area contributed by atoms with Gasteiger partial charge in [-0.05, 0) is 43.4 Å². The minimum absolute atomic E-state index is 0.169. The summed E-state index contributed by atoms with van der Waals surface area (Å²) < 4.78 is 24.4. The second kappa shape index (κ2) is 8.43. The van der Waals surface area contributed by atoms with Gasteiger partial charge in [0, 0.05) is 25.8 Å². The van der Waals surface area contributed by atoms with Crippen molar-refractivity contribution < 1.29 is 18.0 Å². The molecular weight excluding hydrogens is 418 g/mol. The van der Waals surface area contributed by atoms with Crippen LogP contribution in [0, 0.1) is 0 Å². The van der Waals surface area contributed by atoms with Crippen molar-refractivity contribution in [1.82, 2.24) is 19.4 Å². The number of sulfonamides is 1. The SMILES string of the molecule is CN(CC(=O)N1CCCCC1c1cc(C(=O)N2CCc3ccccc32)n[nH]1)S(C)(=O)=O.